The molecule has 3 rings (SSSR count). The number of ether oxygens (including phenoxy) is 1. The SMILES string of the molecule is COc1ccc2sc(S(=O)(=O)Cc3cccc(C(=O)O)c3)c(C)c2c1. The number of aryl methyl sites for hydroxylation is 1. The van der Waals surface area contributed by atoms with E-state index in [2.05, 4.69) is 0 Å². The fraction of sp³-hybridized carbons (Fsp3) is 0.167. The fourth-order valence-electron chi connectivity index (χ4n) is 2.68. The molecule has 1 heterocycles. The number of carboxylic acids is 1. The van der Waals surface area contributed by atoms with Crippen molar-refractivity contribution in [1.82, 2.24) is 0 Å². The Labute approximate surface area is 149 Å². The first-order valence-corrected chi connectivity index (χ1v) is 9.91. The molecule has 2 aromatic carbocycles. The lowest BCUT2D eigenvalue weighted by atomic mass is 10.1. The Morgan fingerprint density at radius 1 is 1.20 bits per heavy atom. The number of thiophene rings is 1. The van der Waals surface area contributed by atoms with E-state index in [1.165, 1.54) is 23.5 Å². The molecule has 0 radical (unpaired) electrons. The Kier molecular flexibility index (Phi) is 4.53. The van der Waals surface area contributed by atoms with Gasteiger partial charge in [-0.25, -0.2) is 13.2 Å². The maximum Gasteiger partial charge on any atom is 0.335 e. The number of aromatic carboxylic acids is 1. The second kappa shape index (κ2) is 6.50. The minimum absolute atomic E-state index is 0.0745. The Morgan fingerprint density at radius 2 is 1.96 bits per heavy atom. The predicted molar refractivity (Wildman–Crippen MR) is 97.4 cm³/mol. The van der Waals surface area contributed by atoms with Crippen LogP contribution in [0.4, 0.5) is 0 Å². The summed E-state index contributed by atoms with van der Waals surface area (Å²) in [6.07, 6.45) is 0. The van der Waals surface area contributed by atoms with Gasteiger partial charge in [0, 0.05) is 10.1 Å². The van der Waals surface area contributed by atoms with E-state index in [1.807, 2.05) is 12.1 Å². The Hall–Kier alpha value is -2.38. The Bertz CT molecular complexity index is 1060. The highest BCUT2D eigenvalue weighted by Gasteiger charge is 2.23. The molecule has 0 saturated heterocycles. The van der Waals surface area contributed by atoms with E-state index in [4.69, 9.17) is 9.84 Å². The lowest BCUT2D eigenvalue weighted by Crippen LogP contribution is -2.06. The maximum absolute atomic E-state index is 12.9. The van der Waals surface area contributed by atoms with E-state index < -0.39 is 15.8 Å². The second-order valence-electron chi connectivity index (χ2n) is 5.64. The summed E-state index contributed by atoms with van der Waals surface area (Å²) in [4.78, 5) is 11.1. The van der Waals surface area contributed by atoms with Gasteiger partial charge in [-0.15, -0.1) is 11.3 Å². The van der Waals surface area contributed by atoms with Crippen molar-refractivity contribution in [2.45, 2.75) is 16.9 Å². The molecule has 3 aromatic rings. The van der Waals surface area contributed by atoms with Gasteiger partial charge < -0.3 is 9.84 Å². The minimum Gasteiger partial charge on any atom is -0.497 e. The normalized spacial score (nSPS) is 11.6. The Balaban J connectivity index is 2.03. The molecule has 0 atom stereocenters. The largest absolute Gasteiger partial charge is 0.497 e. The molecule has 7 heteroatoms. The van der Waals surface area contributed by atoms with E-state index in [0.29, 0.717) is 21.1 Å². The van der Waals surface area contributed by atoms with Crippen LogP contribution in [-0.4, -0.2) is 26.6 Å². The van der Waals surface area contributed by atoms with Crippen molar-refractivity contribution >= 4 is 37.2 Å². The molecule has 0 fully saturated rings. The first-order valence-electron chi connectivity index (χ1n) is 7.44. The van der Waals surface area contributed by atoms with Crippen LogP contribution in [-0.2, 0) is 15.6 Å². The van der Waals surface area contributed by atoms with Gasteiger partial charge in [-0.2, -0.15) is 0 Å². The Morgan fingerprint density at radius 3 is 2.64 bits per heavy atom. The zero-order chi connectivity index (χ0) is 18.2. The van der Waals surface area contributed by atoms with Gasteiger partial charge in [0.2, 0.25) is 0 Å². The molecular weight excluding hydrogens is 360 g/mol. The fourth-order valence-corrected chi connectivity index (χ4v) is 5.88. The quantitative estimate of drug-likeness (QED) is 0.731. The van der Waals surface area contributed by atoms with E-state index in [0.717, 1.165) is 10.1 Å². The monoisotopic (exact) mass is 376 g/mol. The molecule has 0 aliphatic carbocycles. The van der Waals surface area contributed by atoms with Crippen LogP contribution in [0.15, 0.2) is 46.7 Å². The molecule has 1 aromatic heterocycles. The summed E-state index contributed by atoms with van der Waals surface area (Å²) in [6.45, 7) is 1.78. The van der Waals surface area contributed by atoms with Gasteiger partial charge in [-0.05, 0) is 48.4 Å². The van der Waals surface area contributed by atoms with Crippen molar-refractivity contribution < 1.29 is 23.1 Å². The van der Waals surface area contributed by atoms with Crippen LogP contribution in [0, 0.1) is 6.92 Å². The third-order valence-corrected chi connectivity index (χ3v) is 7.58. The minimum atomic E-state index is -3.58. The summed E-state index contributed by atoms with van der Waals surface area (Å²) in [5, 5.41) is 9.90. The summed E-state index contributed by atoms with van der Waals surface area (Å²) < 4.78 is 32.1. The smallest absolute Gasteiger partial charge is 0.335 e. The second-order valence-corrected chi connectivity index (χ2v) is 8.88. The van der Waals surface area contributed by atoms with E-state index in [-0.39, 0.29) is 11.3 Å². The third-order valence-electron chi connectivity index (χ3n) is 3.91. The van der Waals surface area contributed by atoms with E-state index in [9.17, 15) is 13.2 Å². The predicted octanol–water partition coefficient (Wildman–Crippen LogP) is 3.89. The number of hydrogen-bond donors (Lipinski definition) is 1. The van der Waals surface area contributed by atoms with Crippen LogP contribution >= 0.6 is 11.3 Å². The summed E-state index contributed by atoms with van der Waals surface area (Å²) in [5.74, 6) is -0.644. The summed E-state index contributed by atoms with van der Waals surface area (Å²) in [5.41, 5.74) is 1.22. The summed E-state index contributed by atoms with van der Waals surface area (Å²) in [7, 11) is -2.02. The third kappa shape index (κ3) is 3.38. The molecule has 5 nitrogen and oxygen atoms in total. The van der Waals surface area contributed by atoms with Gasteiger partial charge >= 0.3 is 5.97 Å². The van der Waals surface area contributed by atoms with Crippen molar-refractivity contribution in [2.75, 3.05) is 7.11 Å². The van der Waals surface area contributed by atoms with Crippen molar-refractivity contribution in [3.8, 4) is 5.75 Å². The number of hydrogen-bond acceptors (Lipinski definition) is 5. The molecule has 0 aliphatic rings. The standard InChI is InChI=1S/C18H16O5S2/c1-11-15-9-14(23-2)6-7-16(15)24-18(11)25(21,22)10-12-4-3-5-13(8-12)17(19)20/h3-9H,10H2,1-2H3,(H,19,20). The summed E-state index contributed by atoms with van der Waals surface area (Å²) >= 11 is 1.22. The zero-order valence-corrected chi connectivity index (χ0v) is 15.3. The van der Waals surface area contributed by atoms with Crippen LogP contribution in [0.3, 0.4) is 0 Å². The van der Waals surface area contributed by atoms with Crippen molar-refractivity contribution in [1.29, 1.82) is 0 Å². The lowest BCUT2D eigenvalue weighted by molar-refractivity contribution is 0.0696. The molecule has 0 spiro atoms. The highest BCUT2D eigenvalue weighted by Crippen LogP contribution is 2.37. The van der Waals surface area contributed by atoms with Gasteiger partial charge in [0.1, 0.15) is 9.96 Å². The number of fused-ring (bicyclic) bond motifs is 1. The molecule has 0 unspecified atom stereocenters. The molecule has 0 amide bonds. The van der Waals surface area contributed by atoms with Crippen LogP contribution in [0.2, 0.25) is 0 Å². The maximum atomic E-state index is 12.9. The molecule has 1 N–H and O–H groups in total. The van der Waals surface area contributed by atoms with Gasteiger partial charge in [0.15, 0.2) is 9.84 Å². The molecule has 0 saturated carbocycles. The van der Waals surface area contributed by atoms with Crippen molar-refractivity contribution in [2.24, 2.45) is 0 Å². The van der Waals surface area contributed by atoms with E-state index >= 15 is 0 Å². The molecule has 0 bridgehead atoms. The number of carboxylic acid groups (broad SMARTS) is 1. The highest BCUT2D eigenvalue weighted by molar-refractivity contribution is 7.93. The van der Waals surface area contributed by atoms with Crippen molar-refractivity contribution in [3.05, 3.63) is 59.2 Å². The van der Waals surface area contributed by atoms with Gasteiger partial charge in [-0.3, -0.25) is 0 Å². The van der Waals surface area contributed by atoms with Gasteiger partial charge in [0.25, 0.3) is 0 Å². The number of rotatable bonds is 5. The topological polar surface area (TPSA) is 80.7 Å². The average Bonchev–Trinajstić information content (AvgIpc) is 2.92. The number of carbonyl (C=O) groups is 1. The van der Waals surface area contributed by atoms with Gasteiger partial charge in [-0.1, -0.05) is 12.1 Å². The van der Waals surface area contributed by atoms with Gasteiger partial charge in [0.05, 0.1) is 18.4 Å². The van der Waals surface area contributed by atoms with E-state index in [1.54, 1.807) is 32.2 Å². The number of benzene rings is 2. The van der Waals surface area contributed by atoms with Crippen LogP contribution < -0.4 is 4.74 Å². The highest BCUT2D eigenvalue weighted by atomic mass is 32.2. The number of sulfone groups is 1. The summed E-state index contributed by atoms with van der Waals surface area (Å²) in [6, 6.07) is 11.5. The van der Waals surface area contributed by atoms with Crippen LogP contribution in [0.1, 0.15) is 21.5 Å². The molecule has 0 aliphatic heterocycles. The molecular formula is C18H16O5S2. The first kappa shape index (κ1) is 17.4. The molecule has 25 heavy (non-hydrogen) atoms. The first-order chi connectivity index (χ1) is 11.8. The molecule has 130 valence electrons. The average molecular weight is 376 g/mol. The lowest BCUT2D eigenvalue weighted by Gasteiger charge is -2.05. The number of methoxy groups -OCH3 is 1. The van der Waals surface area contributed by atoms with Crippen LogP contribution in [0.5, 0.6) is 5.75 Å². The van der Waals surface area contributed by atoms with Crippen molar-refractivity contribution in [3.63, 3.8) is 0 Å². The van der Waals surface area contributed by atoms with Crippen LogP contribution in [0.25, 0.3) is 10.1 Å². The zero-order valence-electron chi connectivity index (χ0n) is 13.6.